The predicted octanol–water partition coefficient (Wildman–Crippen LogP) is 5.31. The third-order valence-electron chi connectivity index (χ3n) is 5.71. The fourth-order valence-electron chi connectivity index (χ4n) is 4.02. The Morgan fingerprint density at radius 1 is 0.743 bits per heavy atom. The van der Waals surface area contributed by atoms with Gasteiger partial charge in [-0.3, -0.25) is 24.5 Å². The maximum Gasteiger partial charge on any atom is 0.270 e. The van der Waals surface area contributed by atoms with Crippen molar-refractivity contribution in [3.63, 3.8) is 0 Å². The molecule has 1 N–H and O–H groups in total. The number of benzene rings is 4. The third-order valence-corrected chi connectivity index (χ3v) is 5.71. The van der Waals surface area contributed by atoms with E-state index in [0.717, 1.165) is 22.1 Å². The highest BCUT2D eigenvalue weighted by molar-refractivity contribution is 6.34. The number of non-ortho nitro benzene ring substituents is 1. The number of hydrogen-bond donors (Lipinski definition) is 1. The summed E-state index contributed by atoms with van der Waals surface area (Å²) in [5.74, 6) is -1.70. The number of hydrogen-bond acceptors (Lipinski definition) is 5. The molecule has 0 bridgehead atoms. The molecule has 170 valence electrons. The predicted molar refractivity (Wildman–Crippen MR) is 131 cm³/mol. The molecular formula is C27H17N3O5. The molecule has 0 radical (unpaired) electrons. The number of nitro groups is 1. The largest absolute Gasteiger partial charge is 0.321 e. The molecule has 0 aliphatic carbocycles. The molecule has 35 heavy (non-hydrogen) atoms. The van der Waals surface area contributed by atoms with E-state index in [1.54, 1.807) is 18.2 Å². The Morgan fingerprint density at radius 3 is 2.23 bits per heavy atom. The van der Waals surface area contributed by atoms with E-state index in [-0.39, 0.29) is 28.1 Å². The molecule has 1 aliphatic heterocycles. The smallest absolute Gasteiger partial charge is 0.270 e. The normalized spacial score (nSPS) is 12.4. The standard InChI is InChI=1S/C27H17N3O5/c31-25(28-24-12-5-4-11-21(24)17-7-2-1-3-8-17)18-9-6-10-19(15-18)29-26(32)22-14-13-20(30(34)35)16-23(22)27(29)33/h1-16H,(H,28,31). The highest BCUT2D eigenvalue weighted by Gasteiger charge is 2.38. The molecule has 0 aromatic heterocycles. The van der Waals surface area contributed by atoms with Crippen LogP contribution in [-0.4, -0.2) is 22.6 Å². The van der Waals surface area contributed by atoms with Crippen LogP contribution < -0.4 is 10.2 Å². The molecule has 1 aliphatic rings. The molecule has 5 rings (SSSR count). The SMILES string of the molecule is O=C(Nc1ccccc1-c1ccccc1)c1cccc(N2C(=O)c3ccc([N+](=O)[O-])cc3C2=O)c1. The van der Waals surface area contributed by atoms with Gasteiger partial charge in [0.1, 0.15) is 0 Å². The van der Waals surface area contributed by atoms with Crippen LogP contribution in [0.4, 0.5) is 17.1 Å². The zero-order valence-electron chi connectivity index (χ0n) is 18.2. The Hall–Kier alpha value is -5.11. The van der Waals surface area contributed by atoms with Gasteiger partial charge < -0.3 is 5.32 Å². The molecular weight excluding hydrogens is 446 g/mol. The lowest BCUT2D eigenvalue weighted by atomic mass is 10.0. The number of carbonyl (C=O) groups excluding carboxylic acids is 3. The monoisotopic (exact) mass is 463 g/mol. The third kappa shape index (κ3) is 3.93. The first-order valence-corrected chi connectivity index (χ1v) is 10.7. The molecule has 3 amide bonds. The lowest BCUT2D eigenvalue weighted by molar-refractivity contribution is -0.384. The van der Waals surface area contributed by atoms with Crippen molar-refractivity contribution in [1.82, 2.24) is 0 Å². The summed E-state index contributed by atoms with van der Waals surface area (Å²) in [6.45, 7) is 0. The second kappa shape index (κ2) is 8.68. The lowest BCUT2D eigenvalue weighted by Gasteiger charge is -2.15. The number of amides is 3. The van der Waals surface area contributed by atoms with Crippen molar-refractivity contribution in [2.45, 2.75) is 0 Å². The number of nitrogens with zero attached hydrogens (tertiary/aromatic N) is 2. The van der Waals surface area contributed by atoms with E-state index in [0.29, 0.717) is 5.69 Å². The van der Waals surface area contributed by atoms with Crippen LogP contribution >= 0.6 is 0 Å². The van der Waals surface area contributed by atoms with Crippen molar-refractivity contribution in [2.75, 3.05) is 10.2 Å². The average Bonchev–Trinajstić information content (AvgIpc) is 3.14. The Labute approximate surface area is 199 Å². The Kier molecular flexibility index (Phi) is 5.39. The number of fused-ring (bicyclic) bond motifs is 1. The van der Waals surface area contributed by atoms with Gasteiger partial charge in [-0.1, -0.05) is 54.6 Å². The number of carbonyl (C=O) groups is 3. The van der Waals surface area contributed by atoms with Crippen LogP contribution in [0.5, 0.6) is 0 Å². The van der Waals surface area contributed by atoms with Gasteiger partial charge in [-0.15, -0.1) is 0 Å². The van der Waals surface area contributed by atoms with E-state index >= 15 is 0 Å². The van der Waals surface area contributed by atoms with Crippen molar-refractivity contribution in [1.29, 1.82) is 0 Å². The quantitative estimate of drug-likeness (QED) is 0.245. The molecule has 0 saturated heterocycles. The minimum atomic E-state index is -0.680. The van der Waals surface area contributed by atoms with Crippen LogP contribution in [-0.2, 0) is 0 Å². The summed E-state index contributed by atoms with van der Waals surface area (Å²) in [4.78, 5) is 50.3. The van der Waals surface area contributed by atoms with E-state index in [1.807, 2.05) is 48.5 Å². The van der Waals surface area contributed by atoms with Gasteiger partial charge in [-0.05, 0) is 35.9 Å². The summed E-state index contributed by atoms with van der Waals surface area (Å²) in [7, 11) is 0. The second-order valence-corrected chi connectivity index (χ2v) is 7.85. The van der Waals surface area contributed by atoms with Crippen molar-refractivity contribution in [3.05, 3.63) is 124 Å². The van der Waals surface area contributed by atoms with Crippen molar-refractivity contribution < 1.29 is 19.3 Å². The van der Waals surface area contributed by atoms with Gasteiger partial charge >= 0.3 is 0 Å². The van der Waals surface area contributed by atoms with Gasteiger partial charge in [0.15, 0.2) is 0 Å². The first-order valence-electron chi connectivity index (χ1n) is 10.7. The van der Waals surface area contributed by atoms with E-state index in [2.05, 4.69) is 5.32 Å². The molecule has 8 heteroatoms. The molecule has 8 nitrogen and oxygen atoms in total. The summed E-state index contributed by atoms with van der Waals surface area (Å²) >= 11 is 0. The number of nitro benzene ring substituents is 1. The molecule has 4 aromatic rings. The van der Waals surface area contributed by atoms with E-state index in [9.17, 15) is 24.5 Å². The Bertz CT molecular complexity index is 1510. The maximum absolute atomic E-state index is 13.1. The van der Waals surface area contributed by atoms with Gasteiger partial charge in [-0.25, -0.2) is 4.90 Å². The minimum Gasteiger partial charge on any atom is -0.321 e. The van der Waals surface area contributed by atoms with Crippen LogP contribution in [0.15, 0.2) is 97.1 Å². The van der Waals surface area contributed by atoms with E-state index in [1.165, 1.54) is 24.3 Å². The number of anilines is 2. The Morgan fingerprint density at radius 2 is 1.46 bits per heavy atom. The van der Waals surface area contributed by atoms with Gasteiger partial charge in [-0.2, -0.15) is 0 Å². The molecule has 0 spiro atoms. The molecule has 0 atom stereocenters. The number of para-hydroxylation sites is 1. The second-order valence-electron chi connectivity index (χ2n) is 7.85. The van der Waals surface area contributed by atoms with Gasteiger partial charge in [0.05, 0.1) is 21.7 Å². The lowest BCUT2D eigenvalue weighted by Crippen LogP contribution is -2.29. The van der Waals surface area contributed by atoms with Crippen LogP contribution in [0.1, 0.15) is 31.1 Å². The summed E-state index contributed by atoms with van der Waals surface area (Å²) < 4.78 is 0. The van der Waals surface area contributed by atoms with Crippen LogP contribution in [0.3, 0.4) is 0 Å². The van der Waals surface area contributed by atoms with Crippen molar-refractivity contribution >= 4 is 34.8 Å². The maximum atomic E-state index is 13.1. The van der Waals surface area contributed by atoms with Crippen molar-refractivity contribution in [2.24, 2.45) is 0 Å². The molecule has 4 aromatic carbocycles. The fourth-order valence-corrected chi connectivity index (χ4v) is 4.02. The summed E-state index contributed by atoms with van der Waals surface area (Å²) in [5, 5.41) is 14.0. The van der Waals surface area contributed by atoms with Gasteiger partial charge in [0.2, 0.25) is 0 Å². The van der Waals surface area contributed by atoms with Crippen LogP contribution in [0.25, 0.3) is 11.1 Å². The Balaban J connectivity index is 1.44. The topological polar surface area (TPSA) is 110 Å². The van der Waals surface area contributed by atoms with Crippen molar-refractivity contribution in [3.8, 4) is 11.1 Å². The first-order chi connectivity index (χ1) is 16.9. The average molecular weight is 463 g/mol. The number of imide groups is 1. The summed E-state index contributed by atoms with van der Waals surface area (Å²) in [6, 6.07) is 26.7. The minimum absolute atomic E-state index is 0.0455. The van der Waals surface area contributed by atoms with E-state index in [4.69, 9.17) is 0 Å². The molecule has 1 heterocycles. The fraction of sp³-hybridized carbons (Fsp3) is 0. The number of rotatable bonds is 5. The number of nitrogens with one attached hydrogen (secondary N) is 1. The highest BCUT2D eigenvalue weighted by atomic mass is 16.6. The first kappa shape index (κ1) is 21.7. The van der Waals surface area contributed by atoms with Gasteiger partial charge in [0.25, 0.3) is 23.4 Å². The zero-order valence-corrected chi connectivity index (χ0v) is 18.2. The molecule has 0 unspecified atom stereocenters. The summed E-state index contributed by atoms with van der Waals surface area (Å²) in [5.41, 5.74) is 2.59. The zero-order chi connectivity index (χ0) is 24.5. The highest BCUT2D eigenvalue weighted by Crippen LogP contribution is 2.32. The van der Waals surface area contributed by atoms with Crippen LogP contribution in [0.2, 0.25) is 0 Å². The summed E-state index contributed by atoms with van der Waals surface area (Å²) in [6.07, 6.45) is 0. The van der Waals surface area contributed by atoms with Gasteiger partial charge in [0, 0.05) is 28.9 Å². The van der Waals surface area contributed by atoms with E-state index < -0.39 is 22.6 Å². The molecule has 0 fully saturated rings. The molecule has 0 saturated carbocycles. The van der Waals surface area contributed by atoms with Crippen LogP contribution in [0, 0.1) is 10.1 Å².